The van der Waals surface area contributed by atoms with Crippen LogP contribution in [0.5, 0.6) is 0 Å². The number of para-hydroxylation sites is 1. The first-order valence-electron chi connectivity index (χ1n) is 15.6. The first kappa shape index (κ1) is 29.9. The lowest BCUT2D eigenvalue weighted by atomic mass is 9.91. The summed E-state index contributed by atoms with van der Waals surface area (Å²) in [6, 6.07) is 14.8. The van der Waals surface area contributed by atoms with E-state index in [0.29, 0.717) is 6.04 Å². The molecule has 2 N–H and O–H groups in total. The molecule has 1 aromatic carbocycles. The zero-order valence-corrected chi connectivity index (χ0v) is 26.4. The summed E-state index contributed by atoms with van der Waals surface area (Å²) in [4.78, 5) is 15.1. The molecular formula is C33H43N7O2S. The number of pyridine rings is 1. The van der Waals surface area contributed by atoms with Crippen LogP contribution >= 0.6 is 11.3 Å². The van der Waals surface area contributed by atoms with Crippen molar-refractivity contribution in [3.63, 3.8) is 0 Å². The molecule has 43 heavy (non-hydrogen) atoms. The molecule has 0 spiro atoms. The maximum Gasteiger partial charge on any atom is 0.126 e. The summed E-state index contributed by atoms with van der Waals surface area (Å²) in [7, 11) is 0. The third-order valence-corrected chi connectivity index (χ3v) is 9.94. The summed E-state index contributed by atoms with van der Waals surface area (Å²) < 4.78 is 5.98. The predicted octanol–water partition coefficient (Wildman–Crippen LogP) is 6.02. The van der Waals surface area contributed by atoms with Crippen LogP contribution in [0.4, 0.5) is 5.82 Å². The van der Waals surface area contributed by atoms with Gasteiger partial charge in [0.25, 0.3) is 0 Å². The van der Waals surface area contributed by atoms with E-state index in [1.165, 1.54) is 5.56 Å². The van der Waals surface area contributed by atoms with E-state index in [1.807, 2.05) is 36.5 Å². The maximum atomic E-state index is 10.0. The molecule has 1 aliphatic carbocycles. The number of aromatic nitrogens is 5. The number of hydrogen-bond acceptors (Lipinski definition) is 9. The van der Waals surface area contributed by atoms with E-state index in [9.17, 15) is 5.11 Å². The van der Waals surface area contributed by atoms with Crippen molar-refractivity contribution >= 4 is 17.2 Å². The number of aliphatic hydroxyl groups excluding tert-OH is 1. The summed E-state index contributed by atoms with van der Waals surface area (Å²) in [5.74, 6) is 1.27. The number of morpholine rings is 1. The predicted molar refractivity (Wildman–Crippen MR) is 171 cm³/mol. The van der Waals surface area contributed by atoms with Crippen LogP contribution in [0.25, 0.3) is 16.3 Å². The first-order chi connectivity index (χ1) is 20.8. The summed E-state index contributed by atoms with van der Waals surface area (Å²) in [5, 5.41) is 24.0. The van der Waals surface area contributed by atoms with E-state index < -0.39 is 0 Å². The molecule has 1 saturated carbocycles. The van der Waals surface area contributed by atoms with E-state index in [-0.39, 0.29) is 30.1 Å². The molecule has 4 aromatic rings. The molecule has 2 fully saturated rings. The van der Waals surface area contributed by atoms with E-state index in [1.54, 1.807) is 22.3 Å². The number of hydrogen-bond donors (Lipinski definition) is 2. The summed E-state index contributed by atoms with van der Waals surface area (Å²) in [5.41, 5.74) is 4.09. The van der Waals surface area contributed by atoms with Crippen molar-refractivity contribution in [1.82, 2.24) is 29.9 Å². The van der Waals surface area contributed by atoms with Crippen molar-refractivity contribution in [3.8, 4) is 16.3 Å². The number of aliphatic hydroxyl groups is 1. The van der Waals surface area contributed by atoms with Gasteiger partial charge >= 0.3 is 0 Å². The minimum absolute atomic E-state index is 0.162. The zero-order valence-electron chi connectivity index (χ0n) is 25.6. The Morgan fingerprint density at radius 3 is 2.49 bits per heavy atom. The Kier molecular flexibility index (Phi) is 9.18. The van der Waals surface area contributed by atoms with Crippen LogP contribution in [-0.4, -0.2) is 72.4 Å². The molecule has 1 saturated heterocycles. The highest BCUT2D eigenvalue weighted by molar-refractivity contribution is 7.15. The summed E-state index contributed by atoms with van der Waals surface area (Å²) >= 11 is 1.68. The van der Waals surface area contributed by atoms with Crippen LogP contribution in [0.15, 0.2) is 54.9 Å². The van der Waals surface area contributed by atoms with Gasteiger partial charge < -0.3 is 15.2 Å². The van der Waals surface area contributed by atoms with Gasteiger partial charge in [-0.3, -0.25) is 4.90 Å². The number of nitrogens with zero attached hydrogens (tertiary/aromatic N) is 6. The number of thiazole rings is 1. The molecule has 0 radical (unpaired) electrons. The molecule has 0 bridgehead atoms. The molecule has 2 aliphatic rings. The van der Waals surface area contributed by atoms with E-state index in [4.69, 9.17) is 19.8 Å². The molecule has 10 heteroatoms. The normalized spacial score (nSPS) is 24.5. The average Bonchev–Trinajstić information content (AvgIpc) is 3.68. The Balaban J connectivity index is 1.22. The van der Waals surface area contributed by atoms with Crippen LogP contribution in [0.3, 0.4) is 0 Å². The fraction of sp³-hybridized carbons (Fsp3) is 0.515. The highest BCUT2D eigenvalue weighted by Gasteiger charge is 2.26. The van der Waals surface area contributed by atoms with Crippen LogP contribution in [-0.2, 0) is 11.3 Å². The molecule has 3 aromatic heterocycles. The molecule has 1 aliphatic heterocycles. The maximum absolute atomic E-state index is 10.0. The molecule has 9 nitrogen and oxygen atoms in total. The topological polar surface area (TPSA) is 101 Å². The van der Waals surface area contributed by atoms with Gasteiger partial charge in [-0.2, -0.15) is 9.90 Å². The molecular weight excluding hydrogens is 558 g/mol. The third kappa shape index (κ3) is 7.32. The second-order valence-electron chi connectivity index (χ2n) is 12.4. The second kappa shape index (κ2) is 13.2. The lowest BCUT2D eigenvalue weighted by Gasteiger charge is -2.35. The van der Waals surface area contributed by atoms with E-state index in [0.717, 1.165) is 78.1 Å². The van der Waals surface area contributed by atoms with Crippen molar-refractivity contribution in [2.24, 2.45) is 0 Å². The van der Waals surface area contributed by atoms with Gasteiger partial charge in [0.05, 0.1) is 40.1 Å². The smallest absolute Gasteiger partial charge is 0.126 e. The SMILES string of the molecule is CC(c1cc(CN2C[C@@H](C)O[C@@H](C)C2)cc(NC2CCC(O)CC2)n1)C(C)c1ncc(-c2cnn(-c3ccccc3)n2)s1. The molecule has 228 valence electrons. The number of rotatable bonds is 9. The minimum Gasteiger partial charge on any atom is -0.393 e. The van der Waals surface area contributed by atoms with Crippen molar-refractivity contribution in [3.05, 3.63) is 71.1 Å². The first-order valence-corrected chi connectivity index (χ1v) is 16.4. The third-order valence-electron chi connectivity index (χ3n) is 8.72. The van der Waals surface area contributed by atoms with Crippen molar-refractivity contribution in [1.29, 1.82) is 0 Å². The van der Waals surface area contributed by atoms with Crippen molar-refractivity contribution < 1.29 is 9.84 Å². The van der Waals surface area contributed by atoms with E-state index >= 15 is 0 Å². The van der Waals surface area contributed by atoms with Crippen LogP contribution in [0.2, 0.25) is 0 Å². The fourth-order valence-corrected chi connectivity index (χ4v) is 7.28. The highest BCUT2D eigenvalue weighted by atomic mass is 32.1. The fourth-order valence-electron chi connectivity index (χ4n) is 6.26. The average molecular weight is 602 g/mol. The lowest BCUT2D eigenvalue weighted by Crippen LogP contribution is -2.44. The minimum atomic E-state index is -0.176. The van der Waals surface area contributed by atoms with Crippen LogP contribution in [0.1, 0.15) is 81.5 Å². The van der Waals surface area contributed by atoms with Gasteiger partial charge in [0.1, 0.15) is 11.5 Å². The Hall–Kier alpha value is -3.18. The van der Waals surface area contributed by atoms with Crippen molar-refractivity contribution in [2.75, 3.05) is 18.4 Å². The summed E-state index contributed by atoms with van der Waals surface area (Å²) in [6.07, 6.45) is 7.60. The number of benzene rings is 1. The molecule has 4 heterocycles. The van der Waals surface area contributed by atoms with Gasteiger partial charge in [-0.15, -0.1) is 16.4 Å². The van der Waals surface area contributed by atoms with Gasteiger partial charge in [-0.1, -0.05) is 32.0 Å². The monoisotopic (exact) mass is 601 g/mol. The van der Waals surface area contributed by atoms with Gasteiger partial charge in [0, 0.05) is 49.4 Å². The largest absolute Gasteiger partial charge is 0.393 e. The summed E-state index contributed by atoms with van der Waals surface area (Å²) in [6.45, 7) is 11.5. The van der Waals surface area contributed by atoms with Gasteiger partial charge in [-0.25, -0.2) is 9.97 Å². The molecule has 4 atom stereocenters. The number of anilines is 1. The lowest BCUT2D eigenvalue weighted by molar-refractivity contribution is -0.0704. The van der Waals surface area contributed by atoms with Gasteiger partial charge in [0.2, 0.25) is 0 Å². The number of nitrogens with one attached hydrogen (secondary N) is 1. The Morgan fingerprint density at radius 1 is 1.00 bits per heavy atom. The standard InChI is InChI=1S/C33H43N7O2S/c1-21-18-39(19-22(2)42-21)20-25-14-29(37-32(15-25)36-26-10-12-28(41)13-11-26)23(3)24(4)33-34-17-31(43-33)30-16-35-40(38-30)27-8-6-5-7-9-27/h5-9,14-17,21-24,26,28,41H,10-13,18-20H2,1-4H3,(H,36,37)/t21-,22+,23?,24?,26?,28?. The van der Waals surface area contributed by atoms with Gasteiger partial charge in [-0.05, 0) is 69.4 Å². The Bertz CT molecular complexity index is 1470. The highest BCUT2D eigenvalue weighted by Crippen LogP contribution is 2.37. The molecule has 6 rings (SSSR count). The van der Waals surface area contributed by atoms with Crippen molar-refractivity contribution in [2.45, 2.75) is 96.1 Å². The molecule has 2 unspecified atom stereocenters. The van der Waals surface area contributed by atoms with Gasteiger partial charge in [0.15, 0.2) is 0 Å². The van der Waals surface area contributed by atoms with Crippen LogP contribution in [0, 0.1) is 0 Å². The second-order valence-corrected chi connectivity index (χ2v) is 13.4. The Morgan fingerprint density at radius 2 is 1.74 bits per heavy atom. The molecule has 0 amide bonds. The quantitative estimate of drug-likeness (QED) is 0.240. The number of ether oxygens (including phenoxy) is 1. The van der Waals surface area contributed by atoms with Crippen LogP contribution < -0.4 is 5.32 Å². The zero-order chi connectivity index (χ0) is 29.9. The van der Waals surface area contributed by atoms with E-state index in [2.05, 4.69) is 55.1 Å². The Labute approximate surface area is 258 Å².